The van der Waals surface area contributed by atoms with Gasteiger partial charge in [0, 0.05) is 28.8 Å². The molecule has 0 spiro atoms. The molecule has 5 aromatic rings. The Labute approximate surface area is 255 Å². The van der Waals surface area contributed by atoms with E-state index in [1.54, 1.807) is 0 Å². The van der Waals surface area contributed by atoms with Gasteiger partial charge in [0.15, 0.2) is 0 Å². The molecule has 0 saturated heterocycles. The molecule has 43 heavy (non-hydrogen) atoms. The summed E-state index contributed by atoms with van der Waals surface area (Å²) in [6, 6.07) is 28.8. The largest absolute Gasteiger partial charge is 0.394 e. The second-order valence-electron chi connectivity index (χ2n) is 12.3. The summed E-state index contributed by atoms with van der Waals surface area (Å²) in [5.74, 6) is 0.0598. The van der Waals surface area contributed by atoms with Crippen LogP contribution in [0.1, 0.15) is 90.5 Å². The summed E-state index contributed by atoms with van der Waals surface area (Å²) < 4.78 is 2.27. The van der Waals surface area contributed by atoms with E-state index in [4.69, 9.17) is 4.98 Å². The fraction of sp³-hybridized carbons (Fsp3) is 0.368. The van der Waals surface area contributed by atoms with Gasteiger partial charge in [-0.25, -0.2) is 4.98 Å². The third-order valence-corrected chi connectivity index (χ3v) is 9.33. The highest BCUT2D eigenvalue weighted by atomic mass is 16.3. The van der Waals surface area contributed by atoms with Crippen LogP contribution in [-0.4, -0.2) is 27.0 Å². The van der Waals surface area contributed by atoms with E-state index in [1.165, 1.54) is 47.0 Å². The average Bonchev–Trinajstić information content (AvgIpc) is 3.31. The molecule has 5 nitrogen and oxygen atoms in total. The van der Waals surface area contributed by atoms with E-state index in [1.807, 2.05) is 30.3 Å². The Morgan fingerprint density at radius 1 is 0.884 bits per heavy atom. The fourth-order valence-corrected chi connectivity index (χ4v) is 7.20. The number of hydrogen-bond donors (Lipinski definition) is 2. The number of amides is 1. The molecule has 2 unspecified atom stereocenters. The van der Waals surface area contributed by atoms with Crippen LogP contribution in [0, 0.1) is 19.8 Å². The van der Waals surface area contributed by atoms with E-state index in [2.05, 4.69) is 78.2 Å². The minimum absolute atomic E-state index is 0.0146. The number of nitrogens with one attached hydrogen (secondary N) is 1. The first-order chi connectivity index (χ1) is 21.0. The number of para-hydroxylation sites is 1. The highest BCUT2D eigenvalue weighted by Gasteiger charge is 2.31. The smallest absolute Gasteiger partial charge is 0.228 e. The Kier molecular flexibility index (Phi) is 8.90. The predicted molar refractivity (Wildman–Crippen MR) is 174 cm³/mol. The molecule has 1 aliphatic rings. The zero-order valence-electron chi connectivity index (χ0n) is 25.4. The van der Waals surface area contributed by atoms with Gasteiger partial charge >= 0.3 is 0 Å². The lowest BCUT2D eigenvalue weighted by Gasteiger charge is -2.30. The number of aliphatic hydroxyl groups excluding tert-OH is 1. The summed E-state index contributed by atoms with van der Waals surface area (Å²) in [4.78, 5) is 19.0. The monoisotopic (exact) mass is 573 g/mol. The molecule has 2 aromatic heterocycles. The molecular formula is C38H43N3O2. The first kappa shape index (κ1) is 29.1. The number of carbonyl (C=O) groups excluding carboxylic acids is 1. The number of aliphatic hydroxyl groups is 1. The zero-order valence-corrected chi connectivity index (χ0v) is 25.4. The van der Waals surface area contributed by atoms with E-state index in [0.717, 1.165) is 54.6 Å². The minimum Gasteiger partial charge on any atom is -0.394 e. The van der Waals surface area contributed by atoms with Gasteiger partial charge in [-0.05, 0) is 61.4 Å². The highest BCUT2D eigenvalue weighted by Crippen LogP contribution is 2.36. The highest BCUT2D eigenvalue weighted by molar-refractivity contribution is 5.91. The lowest BCUT2D eigenvalue weighted by molar-refractivity contribution is -0.125. The van der Waals surface area contributed by atoms with Crippen molar-refractivity contribution < 1.29 is 9.90 Å². The predicted octanol–water partition coefficient (Wildman–Crippen LogP) is 7.99. The Balaban J connectivity index is 1.32. The average molecular weight is 574 g/mol. The fourth-order valence-electron chi connectivity index (χ4n) is 7.20. The van der Waals surface area contributed by atoms with Crippen LogP contribution < -0.4 is 5.32 Å². The van der Waals surface area contributed by atoms with Gasteiger partial charge < -0.3 is 10.4 Å². The molecule has 2 N–H and O–H groups in total. The lowest BCUT2D eigenvalue weighted by atomic mass is 9.77. The van der Waals surface area contributed by atoms with Gasteiger partial charge in [0.25, 0.3) is 0 Å². The van der Waals surface area contributed by atoms with Crippen LogP contribution in [0.5, 0.6) is 0 Å². The van der Waals surface area contributed by atoms with Gasteiger partial charge in [0.1, 0.15) is 5.65 Å². The van der Waals surface area contributed by atoms with Crippen molar-refractivity contribution in [3.05, 3.63) is 119 Å². The number of rotatable bonds is 8. The van der Waals surface area contributed by atoms with Crippen LogP contribution >= 0.6 is 0 Å². The Hall–Kier alpha value is -3.96. The second-order valence-corrected chi connectivity index (χ2v) is 12.3. The molecular weight excluding hydrogens is 530 g/mol. The molecule has 1 saturated carbocycles. The third-order valence-electron chi connectivity index (χ3n) is 9.33. The van der Waals surface area contributed by atoms with E-state index >= 15 is 0 Å². The van der Waals surface area contributed by atoms with Crippen molar-refractivity contribution in [2.75, 3.05) is 6.61 Å². The summed E-state index contributed by atoms with van der Waals surface area (Å²) >= 11 is 0. The van der Waals surface area contributed by atoms with Crippen LogP contribution in [0.25, 0.3) is 16.6 Å². The van der Waals surface area contributed by atoms with E-state index in [0.29, 0.717) is 0 Å². The van der Waals surface area contributed by atoms with Gasteiger partial charge in [-0.15, -0.1) is 0 Å². The number of hydrogen-bond acceptors (Lipinski definition) is 3. The topological polar surface area (TPSA) is 66.6 Å². The van der Waals surface area contributed by atoms with E-state index < -0.39 is 6.04 Å². The van der Waals surface area contributed by atoms with E-state index in [9.17, 15) is 9.90 Å². The summed E-state index contributed by atoms with van der Waals surface area (Å²) in [5.41, 5.74) is 8.84. The number of nitrogens with zero attached hydrogens (tertiary/aromatic N) is 2. The summed E-state index contributed by atoms with van der Waals surface area (Å²) in [5, 5.41) is 14.6. The van der Waals surface area contributed by atoms with Crippen molar-refractivity contribution in [2.24, 2.45) is 5.92 Å². The molecule has 2 heterocycles. The molecule has 1 aliphatic carbocycles. The molecule has 1 fully saturated rings. The van der Waals surface area contributed by atoms with Crippen molar-refractivity contribution >= 4 is 22.5 Å². The lowest BCUT2D eigenvalue weighted by Crippen LogP contribution is -2.37. The molecule has 2 atom stereocenters. The molecule has 1 amide bonds. The molecule has 222 valence electrons. The maximum Gasteiger partial charge on any atom is 0.228 e. The first-order valence-corrected chi connectivity index (χ1v) is 15.9. The van der Waals surface area contributed by atoms with Gasteiger partial charge in [-0.3, -0.25) is 9.20 Å². The summed E-state index contributed by atoms with van der Waals surface area (Å²) in [7, 11) is 0. The number of fused-ring (bicyclic) bond motifs is 3. The molecule has 0 radical (unpaired) electrons. The second kappa shape index (κ2) is 13.1. The van der Waals surface area contributed by atoms with Gasteiger partial charge in [0.2, 0.25) is 5.91 Å². The molecule has 5 heteroatoms. The van der Waals surface area contributed by atoms with Crippen molar-refractivity contribution in [1.29, 1.82) is 0 Å². The Morgan fingerprint density at radius 3 is 2.28 bits per heavy atom. The maximum atomic E-state index is 14.0. The van der Waals surface area contributed by atoms with Gasteiger partial charge in [-0.1, -0.05) is 105 Å². The van der Waals surface area contributed by atoms with Crippen molar-refractivity contribution in [1.82, 2.24) is 14.7 Å². The SMILES string of the molecule is Cc1cc(C)n2c(n1)c(Cc1ccc(C(C(=O)NC(CO)c3ccccc3)C3CCCCCCC3)cc1)c1ccccc12. The Bertz CT molecular complexity index is 1680. The standard InChI is InChI=1S/C38H43N3O2/c1-26-23-27(2)41-35-18-12-11-17-32(35)33(37(41)39-26)24-28-19-21-31(22-20-28)36(30-15-7-4-3-5-8-16-30)38(43)40-34(25-42)29-13-9-6-10-14-29/h6,9-14,17-23,30,34,36,42H,3-5,7-8,15-16,24-25H2,1-2H3,(H,40,43). The van der Waals surface area contributed by atoms with E-state index in [-0.39, 0.29) is 24.3 Å². The number of aromatic nitrogens is 2. The van der Waals surface area contributed by atoms with Crippen LogP contribution in [0.2, 0.25) is 0 Å². The number of aryl methyl sites for hydroxylation is 2. The van der Waals surface area contributed by atoms with Gasteiger partial charge in [0.05, 0.1) is 24.1 Å². The van der Waals surface area contributed by atoms with Crippen molar-refractivity contribution in [2.45, 2.75) is 77.2 Å². The zero-order chi connectivity index (χ0) is 29.8. The molecule has 6 rings (SSSR count). The van der Waals surface area contributed by atoms with Crippen LogP contribution in [0.3, 0.4) is 0 Å². The van der Waals surface area contributed by atoms with Crippen LogP contribution in [0.15, 0.2) is 84.9 Å². The summed E-state index contributed by atoms with van der Waals surface area (Å²) in [6.45, 7) is 4.08. The molecule has 0 aliphatic heterocycles. The quantitative estimate of drug-likeness (QED) is 0.198. The number of carbonyl (C=O) groups is 1. The first-order valence-electron chi connectivity index (χ1n) is 15.9. The van der Waals surface area contributed by atoms with Crippen molar-refractivity contribution in [3.8, 4) is 0 Å². The van der Waals surface area contributed by atoms with Gasteiger partial charge in [-0.2, -0.15) is 0 Å². The maximum absolute atomic E-state index is 14.0. The van der Waals surface area contributed by atoms with Crippen molar-refractivity contribution in [3.63, 3.8) is 0 Å². The summed E-state index contributed by atoms with van der Waals surface area (Å²) in [6.07, 6.45) is 8.97. The number of benzene rings is 3. The van der Waals surface area contributed by atoms with Crippen LogP contribution in [0.4, 0.5) is 0 Å². The van der Waals surface area contributed by atoms with Crippen LogP contribution in [-0.2, 0) is 11.2 Å². The molecule has 0 bridgehead atoms. The third kappa shape index (κ3) is 6.23. The Morgan fingerprint density at radius 2 is 1.56 bits per heavy atom. The molecule has 3 aromatic carbocycles. The minimum atomic E-state index is -0.417. The normalized spacial score (nSPS) is 16.1.